The average molecular weight is 175 g/mol. The van der Waals surface area contributed by atoms with Crippen LogP contribution < -0.4 is 5.73 Å². The second kappa shape index (κ2) is 1.85. The highest BCUT2D eigenvalue weighted by molar-refractivity contribution is 5.40. The van der Waals surface area contributed by atoms with Gasteiger partial charge in [0.05, 0.1) is 12.2 Å². The molecular weight excluding hydrogens is 162 g/mol. The molecule has 2 saturated carbocycles. The van der Waals surface area contributed by atoms with Crippen LogP contribution in [0.1, 0.15) is 12.8 Å². The topological polar surface area (TPSA) is 38.5 Å². The number of epoxide rings is 1. The first-order chi connectivity index (χ1) is 6.36. The fraction of sp³-hybridized carbons (Fsp3) is 0.636. The molecule has 2 N–H and O–H groups in total. The summed E-state index contributed by atoms with van der Waals surface area (Å²) in [6.45, 7) is 0. The summed E-state index contributed by atoms with van der Waals surface area (Å²) in [7, 11) is 0. The first-order valence-corrected chi connectivity index (χ1v) is 5.18. The number of nitrogens with two attached hydrogens (primary N) is 1. The molecule has 13 heavy (non-hydrogen) atoms. The van der Waals surface area contributed by atoms with Crippen molar-refractivity contribution >= 4 is 0 Å². The van der Waals surface area contributed by atoms with Gasteiger partial charge in [0.1, 0.15) is 0 Å². The molecule has 3 aliphatic carbocycles. The first-order valence-electron chi connectivity index (χ1n) is 5.18. The van der Waals surface area contributed by atoms with Crippen molar-refractivity contribution in [1.29, 1.82) is 0 Å². The van der Waals surface area contributed by atoms with Crippen LogP contribution in [0.25, 0.3) is 0 Å². The van der Waals surface area contributed by atoms with E-state index in [0.717, 1.165) is 17.5 Å². The van der Waals surface area contributed by atoms with Gasteiger partial charge < -0.3 is 10.5 Å². The Bertz CT molecular complexity index is 340. The molecule has 4 aliphatic rings. The van der Waals surface area contributed by atoms with Gasteiger partial charge in [0.15, 0.2) is 0 Å². The van der Waals surface area contributed by atoms with Crippen LogP contribution in [-0.4, -0.2) is 12.2 Å². The second-order valence-corrected chi connectivity index (χ2v) is 4.73. The maximum absolute atomic E-state index is 6.02. The molecule has 1 aliphatic heterocycles. The Hall–Kier alpha value is -0.760. The minimum absolute atomic E-state index is 0.557. The Morgan fingerprint density at radius 2 is 2.23 bits per heavy atom. The zero-order valence-electron chi connectivity index (χ0n) is 7.44. The van der Waals surface area contributed by atoms with Gasteiger partial charge in [-0.3, -0.25) is 0 Å². The molecule has 68 valence electrons. The Morgan fingerprint density at radius 3 is 3.15 bits per heavy atom. The number of allylic oxidation sites excluding steroid dienone is 2. The first kappa shape index (κ1) is 6.66. The van der Waals surface area contributed by atoms with E-state index in [9.17, 15) is 0 Å². The van der Waals surface area contributed by atoms with Crippen LogP contribution in [0.2, 0.25) is 0 Å². The van der Waals surface area contributed by atoms with Crippen LogP contribution in [0.15, 0.2) is 23.4 Å². The van der Waals surface area contributed by atoms with Gasteiger partial charge in [0.25, 0.3) is 0 Å². The van der Waals surface area contributed by atoms with Crippen molar-refractivity contribution in [1.82, 2.24) is 0 Å². The predicted octanol–water partition coefficient (Wildman–Crippen LogP) is 1.19. The normalized spacial score (nSPS) is 55.2. The Labute approximate surface area is 77.4 Å². The second-order valence-electron chi connectivity index (χ2n) is 4.73. The summed E-state index contributed by atoms with van der Waals surface area (Å²) < 4.78 is 5.66. The van der Waals surface area contributed by atoms with E-state index >= 15 is 0 Å². The molecule has 4 rings (SSSR count). The van der Waals surface area contributed by atoms with E-state index in [-0.39, 0.29) is 0 Å². The highest BCUT2D eigenvalue weighted by Gasteiger charge is 2.65. The quantitative estimate of drug-likeness (QED) is 0.562. The lowest BCUT2D eigenvalue weighted by atomic mass is 9.79. The summed E-state index contributed by atoms with van der Waals surface area (Å²) in [5, 5.41) is 0. The molecule has 2 heteroatoms. The smallest absolute Gasteiger partial charge is 0.0911 e. The van der Waals surface area contributed by atoms with Crippen LogP contribution >= 0.6 is 0 Å². The van der Waals surface area contributed by atoms with Gasteiger partial charge in [-0.1, -0.05) is 6.08 Å². The van der Waals surface area contributed by atoms with E-state index in [1.165, 1.54) is 18.4 Å². The van der Waals surface area contributed by atoms with Gasteiger partial charge in [-0.2, -0.15) is 0 Å². The molecule has 1 heterocycles. The van der Waals surface area contributed by atoms with Crippen molar-refractivity contribution in [2.24, 2.45) is 23.5 Å². The lowest BCUT2D eigenvalue weighted by Gasteiger charge is -2.25. The molecule has 5 atom stereocenters. The van der Waals surface area contributed by atoms with E-state index in [0.29, 0.717) is 18.1 Å². The van der Waals surface area contributed by atoms with E-state index in [1.807, 2.05) is 0 Å². The molecule has 5 unspecified atom stereocenters. The van der Waals surface area contributed by atoms with E-state index < -0.39 is 0 Å². The number of ether oxygens (including phenoxy) is 1. The molecule has 0 aromatic heterocycles. The fourth-order valence-electron chi connectivity index (χ4n) is 3.74. The minimum atomic E-state index is 0.557. The van der Waals surface area contributed by atoms with Crippen molar-refractivity contribution in [2.75, 3.05) is 0 Å². The summed E-state index contributed by atoms with van der Waals surface area (Å²) in [6, 6.07) is 0. The minimum Gasteiger partial charge on any atom is -0.399 e. The third kappa shape index (κ3) is 0.623. The van der Waals surface area contributed by atoms with Gasteiger partial charge in [-0.05, 0) is 36.3 Å². The SMILES string of the molecule is NC1=C2C(CC=C1)C1CC2C2OC12. The molecule has 0 aromatic carbocycles. The lowest BCUT2D eigenvalue weighted by Crippen LogP contribution is -2.24. The number of rotatable bonds is 0. The summed E-state index contributed by atoms with van der Waals surface area (Å²) in [5.41, 5.74) is 8.60. The highest BCUT2D eigenvalue weighted by atomic mass is 16.6. The van der Waals surface area contributed by atoms with Gasteiger partial charge in [0.2, 0.25) is 0 Å². The monoisotopic (exact) mass is 175 g/mol. The zero-order valence-corrected chi connectivity index (χ0v) is 7.44. The maximum Gasteiger partial charge on any atom is 0.0911 e. The average Bonchev–Trinajstić information content (AvgIpc) is 2.75. The lowest BCUT2D eigenvalue weighted by molar-refractivity contribution is 0.251. The summed E-state index contributed by atoms with van der Waals surface area (Å²) >= 11 is 0. The Kier molecular flexibility index (Phi) is 0.948. The molecule has 3 fully saturated rings. The van der Waals surface area contributed by atoms with Crippen molar-refractivity contribution < 1.29 is 4.74 Å². The van der Waals surface area contributed by atoms with Crippen molar-refractivity contribution in [3.63, 3.8) is 0 Å². The van der Waals surface area contributed by atoms with Gasteiger partial charge >= 0.3 is 0 Å². The standard InChI is InChI=1S/C11H13NO/c12-8-3-1-2-5-6-4-7(9(5)8)11-10(6)13-11/h1,3,5-7,10-11H,2,4,12H2. The van der Waals surface area contributed by atoms with Crippen LogP contribution in [0.5, 0.6) is 0 Å². The van der Waals surface area contributed by atoms with Crippen molar-refractivity contribution in [3.8, 4) is 0 Å². The van der Waals surface area contributed by atoms with Gasteiger partial charge in [-0.15, -0.1) is 0 Å². The summed E-state index contributed by atoms with van der Waals surface area (Å²) in [4.78, 5) is 0. The van der Waals surface area contributed by atoms with Crippen LogP contribution in [-0.2, 0) is 4.74 Å². The van der Waals surface area contributed by atoms with E-state index in [1.54, 1.807) is 0 Å². The fourth-order valence-corrected chi connectivity index (χ4v) is 3.74. The molecular formula is C11H13NO. The van der Waals surface area contributed by atoms with Crippen molar-refractivity contribution in [2.45, 2.75) is 25.0 Å². The predicted molar refractivity (Wildman–Crippen MR) is 48.7 cm³/mol. The molecule has 0 radical (unpaired) electrons. The van der Waals surface area contributed by atoms with Crippen LogP contribution in [0.3, 0.4) is 0 Å². The third-order valence-electron chi connectivity index (χ3n) is 4.24. The molecule has 0 aromatic rings. The number of hydrogen-bond acceptors (Lipinski definition) is 2. The molecule has 2 nitrogen and oxygen atoms in total. The highest BCUT2D eigenvalue weighted by Crippen LogP contribution is 2.63. The van der Waals surface area contributed by atoms with Crippen molar-refractivity contribution in [3.05, 3.63) is 23.4 Å². The molecule has 1 saturated heterocycles. The Morgan fingerprint density at radius 1 is 1.31 bits per heavy atom. The van der Waals surface area contributed by atoms with E-state index in [4.69, 9.17) is 10.5 Å². The van der Waals surface area contributed by atoms with Gasteiger partial charge in [-0.25, -0.2) is 0 Å². The number of hydrogen-bond donors (Lipinski definition) is 1. The molecule has 0 amide bonds. The molecule has 0 spiro atoms. The molecule has 2 bridgehead atoms. The van der Waals surface area contributed by atoms with Crippen LogP contribution in [0, 0.1) is 17.8 Å². The largest absolute Gasteiger partial charge is 0.399 e. The summed E-state index contributed by atoms with van der Waals surface area (Å²) in [5.74, 6) is 2.22. The van der Waals surface area contributed by atoms with E-state index in [2.05, 4.69) is 12.2 Å². The Balaban J connectivity index is 1.88. The summed E-state index contributed by atoms with van der Waals surface area (Å²) in [6.07, 6.45) is 8.02. The van der Waals surface area contributed by atoms with Crippen LogP contribution in [0.4, 0.5) is 0 Å². The number of fused-ring (bicyclic) bond motifs is 8. The van der Waals surface area contributed by atoms with Gasteiger partial charge in [0, 0.05) is 11.6 Å². The zero-order chi connectivity index (χ0) is 8.58. The third-order valence-corrected chi connectivity index (χ3v) is 4.24. The maximum atomic E-state index is 6.02.